The van der Waals surface area contributed by atoms with E-state index in [1.807, 2.05) is 6.07 Å². The fourth-order valence-corrected chi connectivity index (χ4v) is 2.60. The molecule has 0 spiro atoms. The number of nitrogens with one attached hydrogen (secondary N) is 2. The molecule has 1 aliphatic rings. The van der Waals surface area contributed by atoms with Crippen molar-refractivity contribution in [2.45, 2.75) is 0 Å². The highest BCUT2D eigenvalue weighted by Gasteiger charge is 2.18. The summed E-state index contributed by atoms with van der Waals surface area (Å²) >= 11 is 0. The second-order valence-electron chi connectivity index (χ2n) is 5.80. The molecule has 144 valence electrons. The van der Waals surface area contributed by atoms with Crippen LogP contribution in [0.5, 0.6) is 0 Å². The van der Waals surface area contributed by atoms with Crippen LogP contribution in [0.1, 0.15) is 10.4 Å². The van der Waals surface area contributed by atoms with E-state index in [0.29, 0.717) is 25.1 Å². The number of carbonyl (C=O) groups is 1. The van der Waals surface area contributed by atoms with Crippen molar-refractivity contribution in [1.82, 2.24) is 15.5 Å². The Labute approximate surface area is 153 Å². The van der Waals surface area contributed by atoms with Crippen molar-refractivity contribution in [2.75, 3.05) is 49.6 Å². The van der Waals surface area contributed by atoms with Gasteiger partial charge in [0.2, 0.25) is 0 Å². The first kappa shape index (κ1) is 18.9. The predicted molar refractivity (Wildman–Crippen MR) is 92.2 cm³/mol. The summed E-state index contributed by atoms with van der Waals surface area (Å²) in [7, 11) is 0. The van der Waals surface area contributed by atoms with Crippen LogP contribution in [0.15, 0.2) is 24.4 Å². The standard InChI is InChI=1S/C17H18F3N5O2/c18-13-2-1-12(15(19)16(13)20)17(26)22-4-3-21-14-9-11(10-23-24-14)25-5-7-27-8-6-25/h1-2,9-10H,3-8H2,(H,21,24)(H,22,26). The molecule has 27 heavy (non-hydrogen) atoms. The average molecular weight is 381 g/mol. The fraction of sp³-hybridized carbons (Fsp3) is 0.353. The third kappa shape index (κ3) is 4.64. The minimum Gasteiger partial charge on any atom is -0.378 e. The molecular formula is C17H18F3N5O2. The number of nitrogens with zero attached hydrogens (tertiary/aromatic N) is 3. The molecule has 0 bridgehead atoms. The van der Waals surface area contributed by atoms with Crippen molar-refractivity contribution in [2.24, 2.45) is 0 Å². The first-order valence-electron chi connectivity index (χ1n) is 8.37. The number of aromatic nitrogens is 2. The summed E-state index contributed by atoms with van der Waals surface area (Å²) in [6, 6.07) is 3.43. The lowest BCUT2D eigenvalue weighted by atomic mass is 10.2. The Balaban J connectivity index is 1.50. The van der Waals surface area contributed by atoms with Crippen LogP contribution < -0.4 is 15.5 Å². The van der Waals surface area contributed by atoms with Crippen LogP contribution in [0, 0.1) is 17.5 Å². The molecule has 3 rings (SSSR count). The summed E-state index contributed by atoms with van der Waals surface area (Å²) in [5.41, 5.74) is 0.353. The summed E-state index contributed by atoms with van der Waals surface area (Å²) in [4.78, 5) is 14.0. The Bertz CT molecular complexity index is 815. The molecule has 1 aliphatic heterocycles. The van der Waals surface area contributed by atoms with E-state index < -0.39 is 28.9 Å². The van der Waals surface area contributed by atoms with Gasteiger partial charge in [0.15, 0.2) is 23.3 Å². The molecule has 1 aromatic carbocycles. The molecule has 7 nitrogen and oxygen atoms in total. The second-order valence-corrected chi connectivity index (χ2v) is 5.80. The summed E-state index contributed by atoms with van der Waals surface area (Å²) in [6.45, 7) is 3.25. The van der Waals surface area contributed by atoms with Gasteiger partial charge in [0.05, 0.1) is 30.7 Å². The molecule has 2 N–H and O–H groups in total. The van der Waals surface area contributed by atoms with Gasteiger partial charge in [-0.1, -0.05) is 0 Å². The molecule has 1 aromatic heterocycles. The maximum Gasteiger partial charge on any atom is 0.254 e. The number of carbonyl (C=O) groups excluding carboxylic acids is 1. The van der Waals surface area contributed by atoms with Gasteiger partial charge in [-0.05, 0) is 12.1 Å². The number of halogens is 3. The summed E-state index contributed by atoms with van der Waals surface area (Å²) < 4.78 is 45.0. The molecule has 10 heteroatoms. The third-order valence-corrected chi connectivity index (χ3v) is 4.01. The van der Waals surface area contributed by atoms with E-state index in [1.165, 1.54) is 0 Å². The van der Waals surface area contributed by atoms with Crippen LogP contribution in [0.25, 0.3) is 0 Å². The zero-order valence-corrected chi connectivity index (χ0v) is 14.3. The first-order valence-corrected chi connectivity index (χ1v) is 8.37. The summed E-state index contributed by atoms with van der Waals surface area (Å²) in [5, 5.41) is 13.3. The van der Waals surface area contributed by atoms with Crippen LogP contribution in [0.2, 0.25) is 0 Å². The highest BCUT2D eigenvalue weighted by Crippen LogP contribution is 2.17. The molecule has 0 aliphatic carbocycles. The molecule has 0 unspecified atom stereocenters. The molecule has 0 atom stereocenters. The molecule has 2 heterocycles. The zero-order chi connectivity index (χ0) is 19.2. The molecule has 1 fully saturated rings. The van der Waals surface area contributed by atoms with Gasteiger partial charge < -0.3 is 20.3 Å². The molecule has 1 amide bonds. The van der Waals surface area contributed by atoms with Crippen LogP contribution in [-0.2, 0) is 4.74 Å². The van der Waals surface area contributed by atoms with Crippen molar-refractivity contribution >= 4 is 17.4 Å². The largest absolute Gasteiger partial charge is 0.378 e. The fourth-order valence-electron chi connectivity index (χ4n) is 2.60. The summed E-state index contributed by atoms with van der Waals surface area (Å²) in [5.74, 6) is -4.83. The lowest BCUT2D eigenvalue weighted by Gasteiger charge is -2.28. The monoisotopic (exact) mass is 381 g/mol. The van der Waals surface area contributed by atoms with Crippen molar-refractivity contribution < 1.29 is 22.7 Å². The highest BCUT2D eigenvalue weighted by molar-refractivity contribution is 5.94. The molecular weight excluding hydrogens is 363 g/mol. The SMILES string of the molecule is O=C(NCCNc1cc(N2CCOCC2)cnn1)c1ccc(F)c(F)c1F. The zero-order valence-electron chi connectivity index (χ0n) is 14.3. The maximum atomic E-state index is 13.6. The average Bonchev–Trinajstić information content (AvgIpc) is 2.70. The van der Waals surface area contributed by atoms with E-state index in [2.05, 4.69) is 25.7 Å². The highest BCUT2D eigenvalue weighted by atomic mass is 19.2. The minimum absolute atomic E-state index is 0.126. The van der Waals surface area contributed by atoms with Crippen molar-refractivity contribution in [1.29, 1.82) is 0 Å². The van der Waals surface area contributed by atoms with Crippen LogP contribution in [-0.4, -0.2) is 55.5 Å². The first-order chi connectivity index (χ1) is 13.1. The van der Waals surface area contributed by atoms with Crippen LogP contribution in [0.3, 0.4) is 0 Å². The Kier molecular flexibility index (Phi) is 6.07. The maximum absolute atomic E-state index is 13.6. The Hall–Kier alpha value is -2.88. The molecule has 2 aromatic rings. The van der Waals surface area contributed by atoms with Gasteiger partial charge in [-0.3, -0.25) is 4.79 Å². The minimum atomic E-state index is -1.67. The number of anilines is 2. The smallest absolute Gasteiger partial charge is 0.254 e. The second kappa shape index (κ2) is 8.67. The van der Waals surface area contributed by atoms with E-state index >= 15 is 0 Å². The number of ether oxygens (including phenoxy) is 1. The van der Waals surface area contributed by atoms with E-state index in [-0.39, 0.29) is 13.1 Å². The topological polar surface area (TPSA) is 79.4 Å². The number of rotatable bonds is 6. The Morgan fingerprint density at radius 2 is 1.93 bits per heavy atom. The van der Waals surface area contributed by atoms with Gasteiger partial charge >= 0.3 is 0 Å². The molecule has 0 radical (unpaired) electrons. The van der Waals surface area contributed by atoms with Gasteiger partial charge in [-0.25, -0.2) is 13.2 Å². The van der Waals surface area contributed by atoms with Crippen molar-refractivity contribution in [3.8, 4) is 0 Å². The van der Waals surface area contributed by atoms with Gasteiger partial charge in [0.1, 0.15) is 0 Å². The Morgan fingerprint density at radius 1 is 1.15 bits per heavy atom. The third-order valence-electron chi connectivity index (χ3n) is 4.01. The number of amides is 1. The Morgan fingerprint density at radius 3 is 2.70 bits per heavy atom. The van der Waals surface area contributed by atoms with Gasteiger partial charge in [0, 0.05) is 32.2 Å². The number of hydrogen-bond donors (Lipinski definition) is 2. The number of benzene rings is 1. The number of morpholine rings is 1. The van der Waals surface area contributed by atoms with Gasteiger partial charge in [-0.15, -0.1) is 5.10 Å². The lowest BCUT2D eigenvalue weighted by molar-refractivity contribution is 0.0950. The molecule has 0 saturated carbocycles. The van der Waals surface area contributed by atoms with Crippen LogP contribution >= 0.6 is 0 Å². The normalized spacial score (nSPS) is 14.1. The van der Waals surface area contributed by atoms with Gasteiger partial charge in [0.25, 0.3) is 5.91 Å². The van der Waals surface area contributed by atoms with Crippen molar-refractivity contribution in [3.63, 3.8) is 0 Å². The van der Waals surface area contributed by atoms with E-state index in [1.54, 1.807) is 6.20 Å². The van der Waals surface area contributed by atoms with Crippen molar-refractivity contribution in [3.05, 3.63) is 47.4 Å². The summed E-state index contributed by atoms with van der Waals surface area (Å²) in [6.07, 6.45) is 1.66. The van der Waals surface area contributed by atoms with Crippen LogP contribution in [0.4, 0.5) is 24.7 Å². The van der Waals surface area contributed by atoms with Gasteiger partial charge in [-0.2, -0.15) is 5.10 Å². The quantitative estimate of drug-likeness (QED) is 0.584. The number of hydrogen-bond acceptors (Lipinski definition) is 6. The van der Waals surface area contributed by atoms with E-state index in [4.69, 9.17) is 4.74 Å². The van der Waals surface area contributed by atoms with E-state index in [9.17, 15) is 18.0 Å². The predicted octanol–water partition coefficient (Wildman–Crippen LogP) is 1.57. The lowest BCUT2D eigenvalue weighted by Crippen LogP contribution is -2.36. The molecule has 1 saturated heterocycles. The van der Waals surface area contributed by atoms with E-state index in [0.717, 1.165) is 24.8 Å².